The topological polar surface area (TPSA) is 42.0 Å². The van der Waals surface area contributed by atoms with Crippen molar-refractivity contribution in [2.45, 2.75) is 11.9 Å². The summed E-state index contributed by atoms with van der Waals surface area (Å²) in [5.74, 6) is 0.788. The molecule has 19 heavy (non-hydrogen) atoms. The SMILES string of the molecule is Cc1ccc(C(=O)NCCSc2ccccn2)cc1. The number of thioether (sulfide) groups is 1. The molecule has 1 amide bonds. The second-order valence-electron chi connectivity index (χ2n) is 4.14. The van der Waals surface area contributed by atoms with Gasteiger partial charge in [0.05, 0.1) is 5.03 Å². The number of pyridine rings is 1. The van der Waals surface area contributed by atoms with Crippen LogP contribution in [0.15, 0.2) is 53.7 Å². The lowest BCUT2D eigenvalue weighted by Gasteiger charge is -2.05. The van der Waals surface area contributed by atoms with Gasteiger partial charge in [0.2, 0.25) is 0 Å². The van der Waals surface area contributed by atoms with E-state index in [0.717, 1.165) is 16.3 Å². The van der Waals surface area contributed by atoms with Crippen LogP contribution in [0.5, 0.6) is 0 Å². The molecular weight excluding hydrogens is 256 g/mol. The van der Waals surface area contributed by atoms with Crippen LogP contribution in [0.3, 0.4) is 0 Å². The molecule has 2 aromatic rings. The van der Waals surface area contributed by atoms with E-state index in [1.807, 2.05) is 49.4 Å². The van der Waals surface area contributed by atoms with Gasteiger partial charge in [0.1, 0.15) is 0 Å². The van der Waals surface area contributed by atoms with Crippen LogP contribution in [0.1, 0.15) is 15.9 Å². The highest BCUT2D eigenvalue weighted by Crippen LogP contribution is 2.12. The monoisotopic (exact) mass is 272 g/mol. The van der Waals surface area contributed by atoms with Crippen molar-refractivity contribution >= 4 is 17.7 Å². The summed E-state index contributed by atoms with van der Waals surface area (Å²) in [6.07, 6.45) is 1.77. The van der Waals surface area contributed by atoms with E-state index in [9.17, 15) is 4.79 Å². The molecule has 0 aliphatic heterocycles. The van der Waals surface area contributed by atoms with Gasteiger partial charge in [-0.25, -0.2) is 4.98 Å². The van der Waals surface area contributed by atoms with Gasteiger partial charge in [0, 0.05) is 24.1 Å². The van der Waals surface area contributed by atoms with Gasteiger partial charge >= 0.3 is 0 Å². The Morgan fingerprint density at radius 2 is 2.00 bits per heavy atom. The van der Waals surface area contributed by atoms with Crippen molar-refractivity contribution in [3.63, 3.8) is 0 Å². The van der Waals surface area contributed by atoms with Crippen molar-refractivity contribution in [2.24, 2.45) is 0 Å². The Morgan fingerprint density at radius 1 is 1.21 bits per heavy atom. The van der Waals surface area contributed by atoms with Gasteiger partial charge in [-0.05, 0) is 31.2 Å². The van der Waals surface area contributed by atoms with Gasteiger partial charge in [-0.1, -0.05) is 23.8 Å². The maximum Gasteiger partial charge on any atom is 0.251 e. The van der Waals surface area contributed by atoms with Crippen molar-refractivity contribution in [3.8, 4) is 0 Å². The summed E-state index contributed by atoms with van der Waals surface area (Å²) in [5.41, 5.74) is 1.86. The largest absolute Gasteiger partial charge is 0.351 e. The quantitative estimate of drug-likeness (QED) is 0.672. The lowest BCUT2D eigenvalue weighted by Crippen LogP contribution is -2.25. The molecule has 0 saturated heterocycles. The van der Waals surface area contributed by atoms with Crippen LogP contribution >= 0.6 is 11.8 Å². The molecule has 0 unspecified atom stereocenters. The van der Waals surface area contributed by atoms with E-state index >= 15 is 0 Å². The molecule has 3 nitrogen and oxygen atoms in total. The van der Waals surface area contributed by atoms with Crippen molar-refractivity contribution in [1.82, 2.24) is 10.3 Å². The molecule has 0 radical (unpaired) electrons. The second kappa shape index (κ2) is 6.95. The molecule has 98 valence electrons. The van der Waals surface area contributed by atoms with Crippen LogP contribution in [0.2, 0.25) is 0 Å². The summed E-state index contributed by atoms with van der Waals surface area (Å²) in [7, 11) is 0. The highest BCUT2D eigenvalue weighted by atomic mass is 32.2. The molecule has 4 heteroatoms. The molecule has 0 aliphatic rings. The average Bonchev–Trinajstić information content (AvgIpc) is 2.45. The Kier molecular flexibility index (Phi) is 4.98. The Labute approximate surface area is 117 Å². The number of amides is 1. The van der Waals surface area contributed by atoms with Gasteiger partial charge in [0.15, 0.2) is 0 Å². The Bertz CT molecular complexity index is 526. The Hall–Kier alpha value is -1.81. The minimum atomic E-state index is -0.0263. The standard InChI is InChI=1S/C15H16N2OS/c1-12-5-7-13(8-6-12)15(18)17-10-11-19-14-4-2-3-9-16-14/h2-9H,10-11H2,1H3,(H,17,18). The first kappa shape index (κ1) is 13.6. The average molecular weight is 272 g/mol. The number of rotatable bonds is 5. The van der Waals surface area contributed by atoms with Crippen LogP contribution in [-0.2, 0) is 0 Å². The molecule has 0 aliphatic carbocycles. The second-order valence-corrected chi connectivity index (χ2v) is 5.25. The van der Waals surface area contributed by atoms with E-state index in [-0.39, 0.29) is 5.91 Å². The predicted molar refractivity (Wildman–Crippen MR) is 78.5 cm³/mol. The number of carbonyl (C=O) groups is 1. The fraction of sp³-hybridized carbons (Fsp3) is 0.200. The number of carbonyl (C=O) groups excluding carboxylic acids is 1. The first-order chi connectivity index (χ1) is 9.25. The molecule has 1 aromatic carbocycles. The first-order valence-corrected chi connectivity index (χ1v) is 7.13. The van der Waals surface area contributed by atoms with Crippen molar-refractivity contribution in [3.05, 3.63) is 59.8 Å². The van der Waals surface area contributed by atoms with Crippen LogP contribution < -0.4 is 5.32 Å². The third-order valence-corrected chi connectivity index (χ3v) is 3.53. The molecule has 0 bridgehead atoms. The third-order valence-electron chi connectivity index (χ3n) is 2.59. The third kappa shape index (κ3) is 4.41. The zero-order valence-electron chi connectivity index (χ0n) is 10.8. The van der Waals surface area contributed by atoms with Crippen LogP contribution in [0.4, 0.5) is 0 Å². The van der Waals surface area contributed by atoms with Crippen molar-refractivity contribution in [2.75, 3.05) is 12.3 Å². The Balaban J connectivity index is 1.74. The van der Waals surface area contributed by atoms with E-state index < -0.39 is 0 Å². The summed E-state index contributed by atoms with van der Waals surface area (Å²) >= 11 is 1.63. The predicted octanol–water partition coefficient (Wildman–Crippen LogP) is 2.91. The van der Waals surface area contributed by atoms with E-state index in [1.54, 1.807) is 18.0 Å². The summed E-state index contributed by atoms with van der Waals surface area (Å²) in [4.78, 5) is 16.0. The van der Waals surface area contributed by atoms with Gasteiger partial charge in [0.25, 0.3) is 5.91 Å². The molecule has 1 heterocycles. The maximum absolute atomic E-state index is 11.8. The highest BCUT2D eigenvalue weighted by Gasteiger charge is 2.03. The molecule has 0 atom stereocenters. The summed E-state index contributed by atoms with van der Waals surface area (Å²) in [5, 5.41) is 3.88. The minimum Gasteiger partial charge on any atom is -0.351 e. The molecule has 0 saturated carbocycles. The molecule has 1 aromatic heterocycles. The molecule has 0 fully saturated rings. The number of aromatic nitrogens is 1. The van der Waals surface area contributed by atoms with Crippen LogP contribution in [0, 0.1) is 6.92 Å². The summed E-state index contributed by atoms with van der Waals surface area (Å²) in [6.45, 7) is 2.64. The number of hydrogen-bond donors (Lipinski definition) is 1. The lowest BCUT2D eigenvalue weighted by molar-refractivity contribution is 0.0956. The lowest BCUT2D eigenvalue weighted by atomic mass is 10.1. The summed E-state index contributed by atoms with van der Waals surface area (Å²) < 4.78 is 0. The smallest absolute Gasteiger partial charge is 0.251 e. The first-order valence-electron chi connectivity index (χ1n) is 6.14. The van der Waals surface area contributed by atoms with Crippen LogP contribution in [0.25, 0.3) is 0 Å². The highest BCUT2D eigenvalue weighted by molar-refractivity contribution is 7.99. The van der Waals surface area contributed by atoms with Crippen LogP contribution in [-0.4, -0.2) is 23.2 Å². The Morgan fingerprint density at radius 3 is 2.68 bits per heavy atom. The van der Waals surface area contributed by atoms with E-state index in [1.165, 1.54) is 0 Å². The molecule has 1 N–H and O–H groups in total. The molecule has 2 rings (SSSR count). The fourth-order valence-corrected chi connectivity index (χ4v) is 2.28. The van der Waals surface area contributed by atoms with E-state index in [2.05, 4.69) is 10.3 Å². The van der Waals surface area contributed by atoms with Crippen molar-refractivity contribution in [1.29, 1.82) is 0 Å². The van der Waals surface area contributed by atoms with Gasteiger partial charge < -0.3 is 5.32 Å². The summed E-state index contributed by atoms with van der Waals surface area (Å²) in [6, 6.07) is 13.4. The zero-order chi connectivity index (χ0) is 13.5. The molecular formula is C15H16N2OS. The fourth-order valence-electron chi connectivity index (χ4n) is 1.56. The number of nitrogens with zero attached hydrogens (tertiary/aromatic N) is 1. The number of benzene rings is 1. The number of aryl methyl sites for hydroxylation is 1. The van der Waals surface area contributed by atoms with Crippen molar-refractivity contribution < 1.29 is 4.79 Å². The number of hydrogen-bond acceptors (Lipinski definition) is 3. The van der Waals surface area contributed by atoms with Gasteiger partial charge in [-0.15, -0.1) is 11.8 Å². The maximum atomic E-state index is 11.8. The zero-order valence-corrected chi connectivity index (χ0v) is 11.6. The van der Waals surface area contributed by atoms with Gasteiger partial charge in [-0.3, -0.25) is 4.79 Å². The normalized spacial score (nSPS) is 10.2. The molecule has 0 spiro atoms. The minimum absolute atomic E-state index is 0.0263. The van der Waals surface area contributed by atoms with E-state index in [4.69, 9.17) is 0 Å². The number of nitrogens with one attached hydrogen (secondary N) is 1. The van der Waals surface area contributed by atoms with E-state index in [0.29, 0.717) is 12.1 Å². The van der Waals surface area contributed by atoms with Gasteiger partial charge in [-0.2, -0.15) is 0 Å².